The van der Waals surface area contributed by atoms with Gasteiger partial charge in [-0.05, 0) is 38.1 Å². The molecule has 0 radical (unpaired) electrons. The largest absolute Gasteiger partial charge is 0.462 e. The van der Waals surface area contributed by atoms with Gasteiger partial charge in [0.05, 0.1) is 23.4 Å². The highest BCUT2D eigenvalue weighted by atomic mass is 16.5. The molecule has 0 N–H and O–H groups in total. The van der Waals surface area contributed by atoms with Gasteiger partial charge in [-0.25, -0.2) is 9.48 Å². The van der Waals surface area contributed by atoms with E-state index < -0.39 is 0 Å². The van der Waals surface area contributed by atoms with Crippen LogP contribution in [0.4, 0.5) is 0 Å². The number of benzene rings is 2. The standard InChI is InChI=1S/C17H16N2O2/c1-3-21-17(20)14-6-4-5-7-16(14)19-11-13-10-12(2)8-9-15(13)18-19/h4-11H,3H2,1-2H3. The summed E-state index contributed by atoms with van der Waals surface area (Å²) in [6.45, 7) is 4.20. The van der Waals surface area contributed by atoms with Crippen LogP contribution in [0, 0.1) is 6.92 Å². The van der Waals surface area contributed by atoms with E-state index in [-0.39, 0.29) is 5.97 Å². The lowest BCUT2D eigenvalue weighted by atomic mass is 10.2. The van der Waals surface area contributed by atoms with E-state index in [0.717, 1.165) is 16.6 Å². The van der Waals surface area contributed by atoms with Gasteiger partial charge in [-0.1, -0.05) is 23.8 Å². The third kappa shape index (κ3) is 2.52. The summed E-state index contributed by atoms with van der Waals surface area (Å²) in [5.41, 5.74) is 3.33. The fraction of sp³-hybridized carbons (Fsp3) is 0.176. The number of carbonyl (C=O) groups excluding carboxylic acids is 1. The van der Waals surface area contributed by atoms with Crippen LogP contribution in [-0.4, -0.2) is 22.4 Å². The van der Waals surface area contributed by atoms with Crippen LogP contribution in [-0.2, 0) is 4.74 Å². The monoisotopic (exact) mass is 280 g/mol. The van der Waals surface area contributed by atoms with Gasteiger partial charge in [0.1, 0.15) is 0 Å². The van der Waals surface area contributed by atoms with Crippen molar-refractivity contribution in [1.29, 1.82) is 0 Å². The van der Waals surface area contributed by atoms with Crippen LogP contribution in [0.5, 0.6) is 0 Å². The molecule has 0 unspecified atom stereocenters. The van der Waals surface area contributed by atoms with Gasteiger partial charge >= 0.3 is 5.97 Å². The Morgan fingerprint density at radius 2 is 2.05 bits per heavy atom. The first kappa shape index (κ1) is 13.4. The zero-order valence-corrected chi connectivity index (χ0v) is 12.0. The molecular formula is C17H16N2O2. The highest BCUT2D eigenvalue weighted by Crippen LogP contribution is 2.20. The van der Waals surface area contributed by atoms with Gasteiger partial charge in [-0.2, -0.15) is 5.10 Å². The Hall–Kier alpha value is -2.62. The maximum atomic E-state index is 12.0. The molecule has 0 saturated carbocycles. The van der Waals surface area contributed by atoms with Gasteiger partial charge < -0.3 is 4.74 Å². The molecule has 21 heavy (non-hydrogen) atoms. The Morgan fingerprint density at radius 3 is 2.86 bits per heavy atom. The highest BCUT2D eigenvalue weighted by molar-refractivity contribution is 5.93. The number of para-hydroxylation sites is 1. The van der Waals surface area contributed by atoms with Gasteiger partial charge in [0.25, 0.3) is 0 Å². The van der Waals surface area contributed by atoms with E-state index in [4.69, 9.17) is 4.74 Å². The van der Waals surface area contributed by atoms with Crippen LogP contribution < -0.4 is 0 Å². The fourth-order valence-electron chi connectivity index (χ4n) is 2.32. The minimum atomic E-state index is -0.330. The minimum absolute atomic E-state index is 0.330. The number of nitrogens with zero attached hydrogens (tertiary/aromatic N) is 2. The molecule has 1 aromatic heterocycles. The maximum Gasteiger partial charge on any atom is 0.340 e. The van der Waals surface area contributed by atoms with Crippen molar-refractivity contribution in [2.24, 2.45) is 0 Å². The molecule has 1 heterocycles. The summed E-state index contributed by atoms with van der Waals surface area (Å²) in [6, 6.07) is 13.4. The molecule has 0 saturated heterocycles. The first-order chi connectivity index (χ1) is 10.2. The second-order valence-corrected chi connectivity index (χ2v) is 4.87. The van der Waals surface area contributed by atoms with Crippen molar-refractivity contribution in [3.63, 3.8) is 0 Å². The summed E-state index contributed by atoms with van der Waals surface area (Å²) < 4.78 is 6.84. The molecule has 2 aromatic carbocycles. The molecular weight excluding hydrogens is 264 g/mol. The summed E-state index contributed by atoms with van der Waals surface area (Å²) in [5, 5.41) is 5.59. The van der Waals surface area contributed by atoms with Crippen molar-refractivity contribution in [3.8, 4) is 5.69 Å². The SMILES string of the molecule is CCOC(=O)c1ccccc1-n1cc2cc(C)ccc2n1. The summed E-state index contributed by atoms with van der Waals surface area (Å²) >= 11 is 0. The Balaban J connectivity index is 2.12. The van der Waals surface area contributed by atoms with Gasteiger partial charge in [0.2, 0.25) is 0 Å². The number of hydrogen-bond donors (Lipinski definition) is 0. The van der Waals surface area contributed by atoms with E-state index in [1.807, 2.05) is 43.5 Å². The molecule has 0 atom stereocenters. The van der Waals surface area contributed by atoms with Gasteiger partial charge in [-0.15, -0.1) is 0 Å². The van der Waals surface area contributed by atoms with E-state index in [1.165, 1.54) is 5.56 Å². The molecule has 0 fully saturated rings. The number of carbonyl (C=O) groups is 1. The third-order valence-electron chi connectivity index (χ3n) is 3.31. The predicted molar refractivity (Wildman–Crippen MR) is 81.8 cm³/mol. The number of rotatable bonds is 3. The molecule has 0 bridgehead atoms. The lowest BCUT2D eigenvalue weighted by molar-refractivity contribution is 0.0526. The van der Waals surface area contributed by atoms with Crippen molar-refractivity contribution in [3.05, 3.63) is 59.8 Å². The average Bonchev–Trinajstić information content (AvgIpc) is 2.90. The van der Waals surface area contributed by atoms with Crippen LogP contribution in [0.15, 0.2) is 48.7 Å². The van der Waals surface area contributed by atoms with Crippen LogP contribution in [0.2, 0.25) is 0 Å². The van der Waals surface area contributed by atoms with Crippen molar-refractivity contribution in [1.82, 2.24) is 9.78 Å². The van der Waals surface area contributed by atoms with E-state index in [9.17, 15) is 4.79 Å². The molecule has 0 aliphatic carbocycles. The van der Waals surface area contributed by atoms with Gasteiger partial charge in [0, 0.05) is 11.6 Å². The molecule has 0 amide bonds. The van der Waals surface area contributed by atoms with E-state index in [2.05, 4.69) is 11.2 Å². The number of esters is 1. The predicted octanol–water partition coefficient (Wildman–Crippen LogP) is 3.51. The Kier molecular flexibility index (Phi) is 3.44. The molecule has 0 spiro atoms. The van der Waals surface area contributed by atoms with Crippen LogP contribution >= 0.6 is 0 Å². The number of hydrogen-bond acceptors (Lipinski definition) is 3. The molecule has 3 rings (SSSR count). The quantitative estimate of drug-likeness (QED) is 0.690. The zero-order valence-electron chi connectivity index (χ0n) is 12.0. The summed E-state index contributed by atoms with van der Waals surface area (Å²) in [4.78, 5) is 12.0. The van der Waals surface area contributed by atoms with Crippen molar-refractivity contribution in [2.45, 2.75) is 13.8 Å². The average molecular weight is 280 g/mol. The molecule has 0 aliphatic rings. The van der Waals surface area contributed by atoms with Crippen LogP contribution in [0.3, 0.4) is 0 Å². The maximum absolute atomic E-state index is 12.0. The van der Waals surface area contributed by atoms with Crippen LogP contribution in [0.1, 0.15) is 22.8 Å². The van der Waals surface area contributed by atoms with Crippen molar-refractivity contribution < 1.29 is 9.53 Å². The second-order valence-electron chi connectivity index (χ2n) is 4.87. The van der Waals surface area contributed by atoms with E-state index >= 15 is 0 Å². The fourth-order valence-corrected chi connectivity index (χ4v) is 2.32. The third-order valence-corrected chi connectivity index (χ3v) is 3.31. The smallest absolute Gasteiger partial charge is 0.340 e. The molecule has 4 nitrogen and oxygen atoms in total. The van der Waals surface area contributed by atoms with Gasteiger partial charge in [-0.3, -0.25) is 0 Å². The minimum Gasteiger partial charge on any atom is -0.462 e. The van der Waals surface area contributed by atoms with E-state index in [0.29, 0.717) is 12.2 Å². The number of fused-ring (bicyclic) bond motifs is 1. The lowest BCUT2D eigenvalue weighted by Crippen LogP contribution is -2.09. The highest BCUT2D eigenvalue weighted by Gasteiger charge is 2.14. The number of aryl methyl sites for hydroxylation is 1. The molecule has 0 aliphatic heterocycles. The van der Waals surface area contributed by atoms with Crippen molar-refractivity contribution >= 4 is 16.9 Å². The Bertz CT molecular complexity index is 805. The number of aromatic nitrogens is 2. The molecule has 3 aromatic rings. The summed E-state index contributed by atoms with van der Waals surface area (Å²) in [6.07, 6.45) is 1.93. The lowest BCUT2D eigenvalue weighted by Gasteiger charge is -2.08. The van der Waals surface area contributed by atoms with Crippen molar-refractivity contribution in [2.75, 3.05) is 6.61 Å². The summed E-state index contributed by atoms with van der Waals surface area (Å²) in [7, 11) is 0. The van der Waals surface area contributed by atoms with Gasteiger partial charge in [0.15, 0.2) is 0 Å². The topological polar surface area (TPSA) is 44.1 Å². The molecule has 4 heteroatoms. The number of ether oxygens (including phenoxy) is 1. The summed E-state index contributed by atoms with van der Waals surface area (Å²) in [5.74, 6) is -0.330. The Labute approximate surface area is 123 Å². The first-order valence-electron chi connectivity index (χ1n) is 6.91. The van der Waals surface area contributed by atoms with Crippen LogP contribution in [0.25, 0.3) is 16.6 Å². The first-order valence-corrected chi connectivity index (χ1v) is 6.91. The Morgan fingerprint density at radius 1 is 1.24 bits per heavy atom. The second kappa shape index (κ2) is 5.40. The zero-order chi connectivity index (χ0) is 14.8. The molecule has 106 valence electrons. The van der Waals surface area contributed by atoms with E-state index in [1.54, 1.807) is 17.7 Å². The normalized spacial score (nSPS) is 10.8.